The number of nitrogens with zero attached hydrogens (tertiary/aromatic N) is 2. The molecule has 2 aromatic heterocycles. The number of nitrogens with two attached hydrogens (primary N) is 1. The summed E-state index contributed by atoms with van der Waals surface area (Å²) in [5, 5.41) is 4.18. The minimum absolute atomic E-state index is 0.274. The SMILES string of the molecule is NCCCNc1ccc2cnc(-c3cccc(F)c3)cc2n1. The minimum Gasteiger partial charge on any atom is -0.370 e. The van der Waals surface area contributed by atoms with Crippen LogP contribution in [0.5, 0.6) is 0 Å². The number of anilines is 1. The first kappa shape index (κ1) is 14.4. The summed E-state index contributed by atoms with van der Waals surface area (Å²) in [6.07, 6.45) is 2.65. The molecule has 3 N–H and O–H groups in total. The maximum atomic E-state index is 13.3. The number of aromatic nitrogens is 2. The van der Waals surface area contributed by atoms with Crippen molar-refractivity contribution >= 4 is 16.7 Å². The first-order chi connectivity index (χ1) is 10.8. The molecule has 2 heterocycles. The van der Waals surface area contributed by atoms with Crippen molar-refractivity contribution in [2.75, 3.05) is 18.4 Å². The summed E-state index contributed by atoms with van der Waals surface area (Å²) in [7, 11) is 0. The van der Waals surface area contributed by atoms with Gasteiger partial charge in [-0.05, 0) is 43.3 Å². The van der Waals surface area contributed by atoms with Crippen molar-refractivity contribution in [3.8, 4) is 11.3 Å². The first-order valence-corrected chi connectivity index (χ1v) is 7.23. The van der Waals surface area contributed by atoms with Gasteiger partial charge in [0.05, 0.1) is 11.2 Å². The molecule has 3 rings (SSSR count). The van der Waals surface area contributed by atoms with E-state index in [-0.39, 0.29) is 5.82 Å². The molecule has 0 fully saturated rings. The number of rotatable bonds is 5. The molecule has 0 radical (unpaired) electrons. The van der Waals surface area contributed by atoms with Crippen LogP contribution in [0.25, 0.3) is 22.2 Å². The van der Waals surface area contributed by atoms with Gasteiger partial charge in [0.1, 0.15) is 11.6 Å². The Kier molecular flexibility index (Phi) is 4.25. The van der Waals surface area contributed by atoms with E-state index < -0.39 is 0 Å². The van der Waals surface area contributed by atoms with Crippen LogP contribution in [0.1, 0.15) is 6.42 Å². The van der Waals surface area contributed by atoms with Gasteiger partial charge in [0.2, 0.25) is 0 Å². The third-order valence-electron chi connectivity index (χ3n) is 3.38. The minimum atomic E-state index is -0.274. The first-order valence-electron chi connectivity index (χ1n) is 7.23. The van der Waals surface area contributed by atoms with Gasteiger partial charge >= 0.3 is 0 Å². The normalized spacial score (nSPS) is 10.8. The van der Waals surface area contributed by atoms with Crippen molar-refractivity contribution in [2.45, 2.75) is 6.42 Å². The molecule has 112 valence electrons. The maximum absolute atomic E-state index is 13.3. The molecule has 0 saturated heterocycles. The summed E-state index contributed by atoms with van der Waals surface area (Å²) in [6.45, 7) is 1.44. The van der Waals surface area contributed by atoms with Crippen LogP contribution in [-0.4, -0.2) is 23.1 Å². The van der Waals surface area contributed by atoms with Crippen LogP contribution in [0.4, 0.5) is 10.2 Å². The van der Waals surface area contributed by atoms with Crippen LogP contribution in [0.2, 0.25) is 0 Å². The average molecular weight is 296 g/mol. The zero-order valence-electron chi connectivity index (χ0n) is 12.1. The summed E-state index contributed by atoms with van der Waals surface area (Å²) >= 11 is 0. The third-order valence-corrected chi connectivity index (χ3v) is 3.38. The number of pyridine rings is 2. The van der Waals surface area contributed by atoms with Crippen LogP contribution < -0.4 is 11.1 Å². The molecule has 0 aliphatic heterocycles. The second-order valence-corrected chi connectivity index (χ2v) is 5.04. The molecule has 0 aliphatic rings. The van der Waals surface area contributed by atoms with Gasteiger partial charge < -0.3 is 11.1 Å². The lowest BCUT2D eigenvalue weighted by Crippen LogP contribution is -2.09. The molecule has 0 unspecified atom stereocenters. The fraction of sp³-hybridized carbons (Fsp3) is 0.176. The summed E-state index contributed by atoms with van der Waals surface area (Å²) in [6, 6.07) is 12.2. The second-order valence-electron chi connectivity index (χ2n) is 5.04. The van der Waals surface area contributed by atoms with E-state index in [2.05, 4.69) is 15.3 Å². The van der Waals surface area contributed by atoms with Gasteiger partial charge in [-0.2, -0.15) is 0 Å². The van der Waals surface area contributed by atoms with Gasteiger partial charge in [0, 0.05) is 23.7 Å². The molecule has 0 amide bonds. The Morgan fingerprint density at radius 3 is 2.86 bits per heavy atom. The van der Waals surface area contributed by atoms with E-state index in [9.17, 15) is 4.39 Å². The summed E-state index contributed by atoms with van der Waals surface area (Å²) in [4.78, 5) is 8.95. The number of benzene rings is 1. The van der Waals surface area contributed by atoms with Crippen molar-refractivity contribution in [3.05, 3.63) is 54.5 Å². The highest BCUT2D eigenvalue weighted by Crippen LogP contribution is 2.22. The molecule has 1 aromatic carbocycles. The van der Waals surface area contributed by atoms with Crippen molar-refractivity contribution in [1.29, 1.82) is 0 Å². The molecule has 0 spiro atoms. The zero-order chi connectivity index (χ0) is 15.4. The van der Waals surface area contributed by atoms with Crippen LogP contribution in [0, 0.1) is 5.82 Å². The molecule has 22 heavy (non-hydrogen) atoms. The van der Waals surface area contributed by atoms with E-state index >= 15 is 0 Å². The van der Waals surface area contributed by atoms with Crippen molar-refractivity contribution in [1.82, 2.24) is 9.97 Å². The van der Waals surface area contributed by atoms with E-state index in [4.69, 9.17) is 5.73 Å². The number of nitrogens with one attached hydrogen (secondary N) is 1. The van der Waals surface area contributed by atoms with E-state index in [1.54, 1.807) is 12.3 Å². The summed E-state index contributed by atoms with van der Waals surface area (Å²) in [5.41, 5.74) is 7.75. The molecule has 3 aromatic rings. The number of fused-ring (bicyclic) bond motifs is 1. The number of hydrogen-bond acceptors (Lipinski definition) is 4. The Morgan fingerprint density at radius 2 is 2.05 bits per heavy atom. The highest BCUT2D eigenvalue weighted by Gasteiger charge is 2.04. The Labute approximate surface area is 128 Å². The van der Waals surface area contributed by atoms with E-state index in [0.717, 1.165) is 35.2 Å². The van der Waals surface area contributed by atoms with Gasteiger partial charge in [-0.15, -0.1) is 0 Å². The predicted molar refractivity (Wildman–Crippen MR) is 87.1 cm³/mol. The fourth-order valence-corrected chi connectivity index (χ4v) is 2.24. The molecule has 0 saturated carbocycles. The second kappa shape index (κ2) is 6.49. The molecule has 5 heteroatoms. The van der Waals surface area contributed by atoms with Crippen LogP contribution in [0.15, 0.2) is 48.7 Å². The van der Waals surface area contributed by atoms with Gasteiger partial charge in [0.25, 0.3) is 0 Å². The lowest BCUT2D eigenvalue weighted by molar-refractivity contribution is 0.628. The third kappa shape index (κ3) is 3.20. The lowest BCUT2D eigenvalue weighted by atomic mass is 10.1. The van der Waals surface area contributed by atoms with Gasteiger partial charge in [-0.1, -0.05) is 12.1 Å². The molecular weight excluding hydrogens is 279 g/mol. The Balaban J connectivity index is 1.93. The van der Waals surface area contributed by atoms with Crippen molar-refractivity contribution < 1.29 is 4.39 Å². The Morgan fingerprint density at radius 1 is 1.14 bits per heavy atom. The highest BCUT2D eigenvalue weighted by molar-refractivity contribution is 5.83. The van der Waals surface area contributed by atoms with Crippen molar-refractivity contribution in [2.24, 2.45) is 5.73 Å². The summed E-state index contributed by atoms with van der Waals surface area (Å²) < 4.78 is 13.3. The zero-order valence-corrected chi connectivity index (χ0v) is 12.1. The smallest absolute Gasteiger partial charge is 0.126 e. The van der Waals surface area contributed by atoms with Crippen molar-refractivity contribution in [3.63, 3.8) is 0 Å². The molecule has 0 aliphatic carbocycles. The molecule has 4 nitrogen and oxygen atoms in total. The monoisotopic (exact) mass is 296 g/mol. The van der Waals surface area contributed by atoms with Crippen LogP contribution in [0.3, 0.4) is 0 Å². The largest absolute Gasteiger partial charge is 0.370 e. The maximum Gasteiger partial charge on any atom is 0.126 e. The average Bonchev–Trinajstić information content (AvgIpc) is 2.54. The van der Waals surface area contributed by atoms with E-state index in [0.29, 0.717) is 12.2 Å². The van der Waals surface area contributed by atoms with Crippen LogP contribution >= 0.6 is 0 Å². The number of halogens is 1. The Hall–Kier alpha value is -2.53. The van der Waals surface area contributed by atoms with Gasteiger partial charge in [0.15, 0.2) is 0 Å². The van der Waals surface area contributed by atoms with E-state index in [1.165, 1.54) is 12.1 Å². The topological polar surface area (TPSA) is 63.8 Å². The van der Waals surface area contributed by atoms with E-state index in [1.807, 2.05) is 24.3 Å². The lowest BCUT2D eigenvalue weighted by Gasteiger charge is -2.07. The van der Waals surface area contributed by atoms with Gasteiger partial charge in [-0.25, -0.2) is 9.37 Å². The molecule has 0 bridgehead atoms. The molecular formula is C17H17FN4. The Bertz CT molecular complexity index is 788. The number of hydrogen-bond donors (Lipinski definition) is 2. The highest BCUT2D eigenvalue weighted by atomic mass is 19.1. The quantitative estimate of drug-likeness (QED) is 0.710. The fourth-order valence-electron chi connectivity index (χ4n) is 2.24. The molecule has 0 atom stereocenters. The summed E-state index contributed by atoms with van der Waals surface area (Å²) in [5.74, 6) is 0.530. The predicted octanol–water partition coefficient (Wildman–Crippen LogP) is 3.20. The van der Waals surface area contributed by atoms with Gasteiger partial charge in [-0.3, -0.25) is 4.98 Å². The van der Waals surface area contributed by atoms with Crippen LogP contribution in [-0.2, 0) is 0 Å². The standard InChI is InChI=1S/C17H17FN4/c18-14-4-1-3-12(9-14)15-10-16-13(11-21-15)5-6-17(22-16)20-8-2-7-19/h1,3-6,9-11H,2,7-8,19H2,(H,20,22).